The minimum absolute atomic E-state index is 0.000119. The summed E-state index contributed by atoms with van der Waals surface area (Å²) in [5, 5.41) is 5.98. The summed E-state index contributed by atoms with van der Waals surface area (Å²) in [7, 11) is -3.65. The minimum atomic E-state index is -3.65. The van der Waals surface area contributed by atoms with Gasteiger partial charge in [0.05, 0.1) is 11.9 Å². The quantitative estimate of drug-likeness (QED) is 0.901. The van der Waals surface area contributed by atoms with Crippen LogP contribution >= 0.6 is 15.9 Å². The van der Waals surface area contributed by atoms with Gasteiger partial charge in [0, 0.05) is 4.47 Å². The number of pyridine rings is 1. The first-order valence-corrected chi connectivity index (χ1v) is 6.92. The molecule has 0 bridgehead atoms. The molecule has 2 aromatic rings. The lowest BCUT2D eigenvalue weighted by Crippen LogP contribution is -2.14. The molecule has 2 N–H and O–H groups in total. The Morgan fingerprint density at radius 3 is 2.71 bits per heavy atom. The van der Waals surface area contributed by atoms with E-state index in [2.05, 4.69) is 35.8 Å². The number of anilines is 1. The molecular weight excluding hydrogens is 308 g/mol. The number of nitrogens with one attached hydrogen (secondary N) is 2. The molecule has 0 saturated heterocycles. The van der Waals surface area contributed by atoms with E-state index in [0.717, 1.165) is 4.47 Å². The number of aryl methyl sites for hydroxylation is 1. The number of nitrogens with zero attached hydrogens (tertiary/aromatic N) is 2. The van der Waals surface area contributed by atoms with Crippen LogP contribution in [0.1, 0.15) is 5.69 Å². The van der Waals surface area contributed by atoms with Gasteiger partial charge in [0.2, 0.25) is 0 Å². The standard InChI is InChI=1S/C9H9BrN4O2S/c1-6-7(10)2-3-8(12-6)14-17(15,16)9-4-5-11-13-9/h2-5H,1H3,(H,11,13)(H,12,14). The molecule has 0 fully saturated rings. The number of aromatic amines is 1. The molecule has 0 atom stereocenters. The highest BCUT2D eigenvalue weighted by Crippen LogP contribution is 2.18. The van der Waals surface area contributed by atoms with Gasteiger partial charge in [-0.05, 0) is 41.1 Å². The summed E-state index contributed by atoms with van der Waals surface area (Å²) in [5.74, 6) is 0.264. The van der Waals surface area contributed by atoms with Crippen LogP contribution in [0.15, 0.2) is 33.9 Å². The second kappa shape index (κ2) is 4.46. The Hall–Kier alpha value is -1.41. The molecule has 0 aromatic carbocycles. The normalized spacial score (nSPS) is 11.4. The summed E-state index contributed by atoms with van der Waals surface area (Å²) in [5.41, 5.74) is 0.704. The predicted octanol–water partition coefficient (Wildman–Crippen LogP) is 1.68. The first kappa shape index (κ1) is 12.1. The van der Waals surface area contributed by atoms with Crippen molar-refractivity contribution < 1.29 is 8.42 Å². The lowest BCUT2D eigenvalue weighted by molar-refractivity contribution is 0.597. The van der Waals surface area contributed by atoms with Gasteiger partial charge in [-0.15, -0.1) is 0 Å². The summed E-state index contributed by atoms with van der Waals surface area (Å²) in [4.78, 5) is 4.10. The number of hydrogen-bond acceptors (Lipinski definition) is 4. The minimum Gasteiger partial charge on any atom is -0.266 e. The second-order valence-electron chi connectivity index (χ2n) is 3.29. The molecule has 0 aliphatic carbocycles. The fourth-order valence-corrected chi connectivity index (χ4v) is 2.32. The van der Waals surface area contributed by atoms with Gasteiger partial charge in [-0.1, -0.05) is 0 Å². The van der Waals surface area contributed by atoms with Crippen molar-refractivity contribution in [3.05, 3.63) is 34.6 Å². The molecule has 0 amide bonds. The maximum Gasteiger partial charge on any atom is 0.279 e. The summed E-state index contributed by atoms with van der Waals surface area (Å²) in [6, 6.07) is 4.67. The zero-order chi connectivity index (χ0) is 12.5. The van der Waals surface area contributed by atoms with Crippen LogP contribution in [0.25, 0.3) is 0 Å². The van der Waals surface area contributed by atoms with Crippen LogP contribution < -0.4 is 4.72 Å². The Labute approximate surface area is 107 Å². The average Bonchev–Trinajstić information content (AvgIpc) is 2.77. The van der Waals surface area contributed by atoms with Crippen LogP contribution in [-0.2, 0) is 10.0 Å². The van der Waals surface area contributed by atoms with Crippen LogP contribution in [0.2, 0.25) is 0 Å². The fraction of sp³-hybridized carbons (Fsp3) is 0.111. The van der Waals surface area contributed by atoms with E-state index >= 15 is 0 Å². The van der Waals surface area contributed by atoms with Crippen molar-refractivity contribution >= 4 is 31.8 Å². The molecule has 0 spiro atoms. The van der Waals surface area contributed by atoms with E-state index < -0.39 is 10.0 Å². The molecule has 8 heteroatoms. The van der Waals surface area contributed by atoms with Crippen molar-refractivity contribution in [2.45, 2.75) is 11.9 Å². The smallest absolute Gasteiger partial charge is 0.266 e. The van der Waals surface area contributed by atoms with E-state index in [-0.39, 0.29) is 10.8 Å². The Morgan fingerprint density at radius 1 is 1.35 bits per heavy atom. The molecule has 2 rings (SSSR count). The third kappa shape index (κ3) is 2.64. The zero-order valence-electron chi connectivity index (χ0n) is 8.81. The Morgan fingerprint density at radius 2 is 2.12 bits per heavy atom. The largest absolute Gasteiger partial charge is 0.279 e. The van der Waals surface area contributed by atoms with E-state index in [1.165, 1.54) is 12.3 Å². The molecule has 2 heterocycles. The Kier molecular flexibility index (Phi) is 3.16. The summed E-state index contributed by atoms with van der Waals surface area (Å²) >= 11 is 3.29. The van der Waals surface area contributed by atoms with Gasteiger partial charge in [0.15, 0.2) is 5.03 Å². The second-order valence-corrected chi connectivity index (χ2v) is 5.80. The van der Waals surface area contributed by atoms with Crippen LogP contribution in [0.5, 0.6) is 0 Å². The lowest BCUT2D eigenvalue weighted by Gasteiger charge is -2.06. The van der Waals surface area contributed by atoms with Crippen molar-refractivity contribution in [3.8, 4) is 0 Å². The number of aromatic nitrogens is 3. The first-order chi connectivity index (χ1) is 7.99. The van der Waals surface area contributed by atoms with E-state index in [9.17, 15) is 8.42 Å². The molecule has 0 aliphatic heterocycles. The third-order valence-corrected chi connectivity index (χ3v) is 4.15. The van der Waals surface area contributed by atoms with Gasteiger partial charge in [0.25, 0.3) is 10.0 Å². The highest BCUT2D eigenvalue weighted by atomic mass is 79.9. The van der Waals surface area contributed by atoms with Crippen LogP contribution in [0, 0.1) is 6.92 Å². The lowest BCUT2D eigenvalue weighted by atomic mass is 10.4. The third-order valence-electron chi connectivity index (χ3n) is 2.02. The molecule has 0 saturated carbocycles. The van der Waals surface area contributed by atoms with Gasteiger partial charge in [-0.3, -0.25) is 9.82 Å². The highest BCUT2D eigenvalue weighted by Gasteiger charge is 2.16. The molecule has 2 aromatic heterocycles. The summed E-state index contributed by atoms with van der Waals surface area (Å²) in [6.45, 7) is 1.78. The van der Waals surface area contributed by atoms with Gasteiger partial charge in [-0.2, -0.15) is 13.5 Å². The van der Waals surface area contributed by atoms with E-state index in [4.69, 9.17) is 0 Å². The summed E-state index contributed by atoms with van der Waals surface area (Å²) in [6.07, 6.45) is 1.37. The number of hydrogen-bond donors (Lipinski definition) is 2. The number of rotatable bonds is 3. The number of H-pyrrole nitrogens is 1. The maximum atomic E-state index is 11.8. The molecule has 90 valence electrons. The van der Waals surface area contributed by atoms with Crippen LogP contribution in [-0.4, -0.2) is 23.6 Å². The predicted molar refractivity (Wildman–Crippen MR) is 66.1 cm³/mol. The van der Waals surface area contributed by atoms with Gasteiger partial charge >= 0.3 is 0 Å². The molecular formula is C9H9BrN4O2S. The van der Waals surface area contributed by atoms with E-state index in [1.54, 1.807) is 19.1 Å². The Balaban J connectivity index is 2.30. The zero-order valence-corrected chi connectivity index (χ0v) is 11.2. The maximum absolute atomic E-state index is 11.8. The highest BCUT2D eigenvalue weighted by molar-refractivity contribution is 9.10. The van der Waals surface area contributed by atoms with Crippen molar-refractivity contribution in [3.63, 3.8) is 0 Å². The van der Waals surface area contributed by atoms with Gasteiger partial charge in [-0.25, -0.2) is 4.98 Å². The molecule has 0 radical (unpaired) electrons. The van der Waals surface area contributed by atoms with Crippen molar-refractivity contribution in [1.82, 2.24) is 15.2 Å². The topological polar surface area (TPSA) is 87.7 Å². The van der Waals surface area contributed by atoms with Gasteiger partial charge < -0.3 is 0 Å². The first-order valence-electron chi connectivity index (χ1n) is 4.64. The molecule has 6 nitrogen and oxygen atoms in total. The van der Waals surface area contributed by atoms with Crippen LogP contribution in [0.3, 0.4) is 0 Å². The Bertz CT molecular complexity index is 624. The number of sulfonamides is 1. The number of halogens is 1. The van der Waals surface area contributed by atoms with Crippen molar-refractivity contribution in [2.75, 3.05) is 4.72 Å². The van der Waals surface area contributed by atoms with Gasteiger partial charge in [0.1, 0.15) is 5.82 Å². The fourth-order valence-electron chi connectivity index (χ4n) is 1.19. The summed E-state index contributed by atoms with van der Waals surface area (Å²) < 4.78 is 26.8. The van der Waals surface area contributed by atoms with E-state index in [1.807, 2.05) is 0 Å². The monoisotopic (exact) mass is 316 g/mol. The average molecular weight is 317 g/mol. The molecule has 17 heavy (non-hydrogen) atoms. The SMILES string of the molecule is Cc1nc(NS(=O)(=O)c2ccn[nH]2)ccc1Br. The molecule has 0 unspecified atom stereocenters. The van der Waals surface area contributed by atoms with Crippen LogP contribution in [0.4, 0.5) is 5.82 Å². The molecule has 0 aliphatic rings. The van der Waals surface area contributed by atoms with Crippen molar-refractivity contribution in [1.29, 1.82) is 0 Å². The van der Waals surface area contributed by atoms with Crippen molar-refractivity contribution in [2.24, 2.45) is 0 Å². The van der Waals surface area contributed by atoms with E-state index in [0.29, 0.717) is 5.69 Å².